The van der Waals surface area contributed by atoms with Crippen LogP contribution in [-0.4, -0.2) is 16.6 Å². The van der Waals surface area contributed by atoms with E-state index in [4.69, 9.17) is 7.16 Å². The van der Waals surface area contributed by atoms with Gasteiger partial charge in [-0.05, 0) is 57.7 Å². The van der Waals surface area contributed by atoms with Gasteiger partial charge in [0.2, 0.25) is 5.71 Å². The lowest BCUT2D eigenvalue weighted by atomic mass is 9.96. The van der Waals surface area contributed by atoms with Crippen molar-refractivity contribution < 1.29 is 7.16 Å². The van der Waals surface area contributed by atoms with E-state index in [2.05, 4.69) is 35.9 Å². The van der Waals surface area contributed by atoms with Gasteiger partial charge in [0.1, 0.15) is 0 Å². The van der Waals surface area contributed by atoms with Gasteiger partial charge in [0.25, 0.3) is 0 Å². The average molecular weight is 310 g/mol. The summed E-state index contributed by atoms with van der Waals surface area (Å²) in [7, 11) is 0. The smallest absolute Gasteiger partial charge is 0.227 e. The van der Waals surface area contributed by atoms with E-state index in [0.717, 1.165) is 27.6 Å². The highest BCUT2D eigenvalue weighted by atomic mass is 16.3. The van der Waals surface area contributed by atoms with Gasteiger partial charge in [-0.2, -0.15) is 0 Å². The first kappa shape index (κ1) is 12.4. The van der Waals surface area contributed by atoms with Gasteiger partial charge in [-0.1, -0.05) is 19.1 Å². The molecule has 1 saturated heterocycles. The zero-order valence-corrected chi connectivity index (χ0v) is 14.3. The average Bonchev–Trinajstić information content (AvgIpc) is 2.98. The second kappa shape index (κ2) is 4.73. The van der Waals surface area contributed by atoms with Crippen LogP contribution in [0.5, 0.6) is 0 Å². The molecule has 1 aromatic carbocycles. The molecule has 2 aromatic heterocycles. The van der Waals surface area contributed by atoms with Crippen LogP contribution < -0.4 is 4.90 Å². The molecule has 0 radical (unpaired) electrons. The number of nitrogens with zero attached hydrogens (tertiary/aromatic N) is 2. The van der Waals surface area contributed by atoms with E-state index in [-0.39, 0.29) is 12.0 Å². The van der Waals surface area contributed by atoms with Crippen LogP contribution >= 0.6 is 0 Å². The monoisotopic (exact) mass is 310 g/mol. The summed E-state index contributed by atoms with van der Waals surface area (Å²) in [5.41, 5.74) is 2.87. The van der Waals surface area contributed by atoms with Gasteiger partial charge in [-0.3, -0.25) is 0 Å². The molecule has 0 spiro atoms. The molecular formula is C20H24N2O. The highest BCUT2D eigenvalue weighted by Gasteiger charge is 2.43. The van der Waals surface area contributed by atoms with Gasteiger partial charge in [0.05, 0.1) is 5.69 Å². The molecule has 3 aromatic rings. The SMILES string of the molecule is [2H]C1([2H])C(C)C(C)N(c2c(C)ccc3c2oc2ncccc23)C1(C)C. The Labute approximate surface area is 140 Å². The summed E-state index contributed by atoms with van der Waals surface area (Å²) in [5.74, 6) is -0.0836. The quantitative estimate of drug-likeness (QED) is 0.610. The van der Waals surface area contributed by atoms with Gasteiger partial charge >= 0.3 is 0 Å². The molecule has 2 atom stereocenters. The second-order valence-electron chi connectivity index (χ2n) is 7.17. The molecule has 3 nitrogen and oxygen atoms in total. The van der Waals surface area contributed by atoms with E-state index < -0.39 is 11.9 Å². The van der Waals surface area contributed by atoms with E-state index in [0.29, 0.717) is 5.71 Å². The first-order valence-corrected chi connectivity index (χ1v) is 8.24. The van der Waals surface area contributed by atoms with E-state index >= 15 is 0 Å². The fourth-order valence-electron chi connectivity index (χ4n) is 4.02. The topological polar surface area (TPSA) is 29.3 Å². The fraction of sp³-hybridized carbons (Fsp3) is 0.450. The van der Waals surface area contributed by atoms with Crippen LogP contribution in [0.2, 0.25) is 0 Å². The van der Waals surface area contributed by atoms with Gasteiger partial charge in [0, 0.05) is 31.3 Å². The molecule has 4 rings (SSSR count). The van der Waals surface area contributed by atoms with Crippen LogP contribution in [0.3, 0.4) is 0 Å². The number of rotatable bonds is 1. The van der Waals surface area contributed by atoms with Crippen molar-refractivity contribution in [1.82, 2.24) is 4.98 Å². The van der Waals surface area contributed by atoms with Crippen molar-refractivity contribution in [1.29, 1.82) is 0 Å². The van der Waals surface area contributed by atoms with E-state index in [1.54, 1.807) is 6.20 Å². The maximum atomic E-state index is 8.67. The summed E-state index contributed by atoms with van der Waals surface area (Å²) in [6.45, 7) is 10.2. The molecule has 0 bridgehead atoms. The largest absolute Gasteiger partial charge is 0.436 e. The number of furan rings is 1. The molecular weight excluding hydrogens is 284 g/mol. The molecule has 0 N–H and O–H groups in total. The highest BCUT2D eigenvalue weighted by molar-refractivity contribution is 6.08. The maximum Gasteiger partial charge on any atom is 0.227 e. The van der Waals surface area contributed by atoms with Crippen LogP contribution in [0.4, 0.5) is 5.69 Å². The summed E-state index contributed by atoms with van der Waals surface area (Å²) in [5, 5.41) is 2.03. The molecule has 120 valence electrons. The van der Waals surface area contributed by atoms with Crippen molar-refractivity contribution in [3.05, 3.63) is 36.0 Å². The van der Waals surface area contributed by atoms with Crippen LogP contribution in [-0.2, 0) is 0 Å². The number of hydrogen-bond acceptors (Lipinski definition) is 3. The molecule has 0 aliphatic carbocycles. The molecule has 23 heavy (non-hydrogen) atoms. The number of hydrogen-bond donors (Lipinski definition) is 0. The molecule has 0 saturated carbocycles. The molecule has 1 aliphatic rings. The molecule has 0 amide bonds. The molecule has 1 aliphatic heterocycles. The first-order chi connectivity index (χ1) is 11.7. The number of benzene rings is 1. The summed E-state index contributed by atoms with van der Waals surface area (Å²) >= 11 is 0. The summed E-state index contributed by atoms with van der Waals surface area (Å²) in [4.78, 5) is 6.58. The maximum absolute atomic E-state index is 8.67. The third-order valence-electron chi connectivity index (χ3n) is 5.15. The Bertz CT molecular complexity index is 976. The number of aryl methyl sites for hydroxylation is 1. The number of anilines is 1. The minimum atomic E-state index is -1.30. The van der Waals surface area contributed by atoms with Gasteiger partial charge in [0.15, 0.2) is 5.58 Å². The van der Waals surface area contributed by atoms with E-state index in [1.165, 1.54) is 0 Å². The third kappa shape index (κ3) is 1.99. The van der Waals surface area contributed by atoms with Crippen molar-refractivity contribution in [3.63, 3.8) is 0 Å². The Morgan fingerprint density at radius 2 is 2.04 bits per heavy atom. The Kier molecular flexibility index (Phi) is 2.55. The summed E-state index contributed by atoms with van der Waals surface area (Å²) < 4.78 is 23.5. The molecule has 3 heteroatoms. The third-order valence-corrected chi connectivity index (χ3v) is 5.15. The standard InChI is InChI=1S/C20H24N2O/c1-12-8-9-15-16-7-6-10-21-19(16)23-18(15)17(12)22-14(3)13(2)11-20(22,4)5/h6-10,13-14H,11H2,1-5H3/i11D2. The zero-order valence-electron chi connectivity index (χ0n) is 16.3. The Hall–Kier alpha value is -2.03. The van der Waals surface area contributed by atoms with E-state index in [1.807, 2.05) is 32.9 Å². The van der Waals surface area contributed by atoms with Gasteiger partial charge in [-0.15, -0.1) is 0 Å². The lowest BCUT2D eigenvalue weighted by Gasteiger charge is -2.38. The number of pyridine rings is 1. The predicted octanol–water partition coefficient (Wildman–Crippen LogP) is 5.30. The molecule has 2 unspecified atom stereocenters. The minimum absolute atomic E-state index is 0.0653. The van der Waals surface area contributed by atoms with Crippen LogP contribution in [0.15, 0.2) is 34.9 Å². The van der Waals surface area contributed by atoms with E-state index in [9.17, 15) is 0 Å². The Morgan fingerprint density at radius 1 is 1.26 bits per heavy atom. The lowest BCUT2D eigenvalue weighted by molar-refractivity contribution is 0.486. The Morgan fingerprint density at radius 3 is 2.74 bits per heavy atom. The van der Waals surface area contributed by atoms with Crippen molar-refractivity contribution >= 4 is 27.8 Å². The Balaban J connectivity index is 2.05. The van der Waals surface area contributed by atoms with Crippen molar-refractivity contribution in [2.75, 3.05) is 4.90 Å². The predicted molar refractivity (Wildman–Crippen MR) is 96.1 cm³/mol. The van der Waals surface area contributed by atoms with Crippen molar-refractivity contribution in [3.8, 4) is 0 Å². The normalized spacial score (nSPS) is 27.4. The van der Waals surface area contributed by atoms with Crippen LogP contribution in [0, 0.1) is 12.8 Å². The minimum Gasteiger partial charge on any atom is -0.436 e. The van der Waals surface area contributed by atoms with Crippen molar-refractivity contribution in [2.24, 2.45) is 5.92 Å². The number of aromatic nitrogens is 1. The fourth-order valence-corrected chi connectivity index (χ4v) is 4.02. The van der Waals surface area contributed by atoms with Gasteiger partial charge in [-0.25, -0.2) is 4.98 Å². The summed E-state index contributed by atoms with van der Waals surface area (Å²) in [6.07, 6.45) is 0.436. The molecule has 1 fully saturated rings. The summed E-state index contributed by atoms with van der Waals surface area (Å²) in [6, 6.07) is 8.18. The zero-order chi connectivity index (χ0) is 18.1. The van der Waals surface area contributed by atoms with Crippen LogP contribution in [0.1, 0.15) is 42.4 Å². The molecule has 3 heterocycles. The second-order valence-corrected chi connectivity index (χ2v) is 7.17. The lowest BCUT2D eigenvalue weighted by Crippen LogP contribution is -2.42. The highest BCUT2D eigenvalue weighted by Crippen LogP contribution is 2.46. The first-order valence-electron chi connectivity index (χ1n) is 9.24. The van der Waals surface area contributed by atoms with Crippen molar-refractivity contribution in [2.45, 2.75) is 52.6 Å². The number of fused-ring (bicyclic) bond motifs is 3. The van der Waals surface area contributed by atoms with Crippen LogP contribution in [0.25, 0.3) is 22.1 Å². The van der Waals surface area contributed by atoms with Gasteiger partial charge < -0.3 is 9.32 Å².